The molecule has 0 aliphatic carbocycles. The van der Waals surface area contributed by atoms with E-state index < -0.39 is 0 Å². The molecule has 3 heteroatoms. The monoisotopic (exact) mass is 275 g/mol. The molecule has 0 N–H and O–H groups in total. The minimum atomic E-state index is 0.263. The van der Waals surface area contributed by atoms with E-state index in [-0.39, 0.29) is 11.9 Å². The zero-order chi connectivity index (χ0) is 14.4. The Morgan fingerprint density at radius 3 is 2.75 bits per heavy atom. The molecule has 0 unspecified atom stereocenters. The summed E-state index contributed by atoms with van der Waals surface area (Å²) in [6.45, 7) is 3.65. The van der Waals surface area contributed by atoms with Crippen LogP contribution in [0.2, 0.25) is 0 Å². The number of nitrogens with zero attached hydrogens (tertiary/aromatic N) is 1. The Labute approximate surface area is 121 Å². The van der Waals surface area contributed by atoms with Crippen molar-refractivity contribution in [1.29, 1.82) is 0 Å². The molecule has 1 fully saturated rings. The minimum absolute atomic E-state index is 0.263. The molecule has 1 atom stereocenters. The highest BCUT2D eigenvalue weighted by molar-refractivity contribution is 5.76. The lowest BCUT2D eigenvalue weighted by Crippen LogP contribution is -2.38. The Hall–Kier alpha value is -1.35. The van der Waals surface area contributed by atoms with Crippen LogP contribution in [0.1, 0.15) is 49.3 Å². The molecule has 1 aromatic carbocycles. The normalized spacial score (nSPS) is 19.1. The number of likely N-dealkylation sites (tertiary alicyclic amines) is 1. The van der Waals surface area contributed by atoms with E-state index in [0.717, 1.165) is 25.8 Å². The summed E-state index contributed by atoms with van der Waals surface area (Å²) >= 11 is 0. The zero-order valence-electron chi connectivity index (χ0n) is 12.6. The molecule has 1 amide bonds. The van der Waals surface area contributed by atoms with Crippen LogP contribution < -0.4 is 0 Å². The van der Waals surface area contributed by atoms with Crippen molar-refractivity contribution in [3.05, 3.63) is 35.4 Å². The third-order valence-electron chi connectivity index (χ3n) is 4.02. The predicted octanol–water partition coefficient (Wildman–Crippen LogP) is 3.48. The summed E-state index contributed by atoms with van der Waals surface area (Å²) in [6, 6.07) is 8.87. The molecule has 20 heavy (non-hydrogen) atoms. The number of piperidine rings is 1. The smallest absolute Gasteiger partial charge is 0.223 e. The van der Waals surface area contributed by atoms with E-state index in [1.165, 1.54) is 17.5 Å². The van der Waals surface area contributed by atoms with E-state index >= 15 is 0 Å². The fourth-order valence-corrected chi connectivity index (χ4v) is 2.88. The van der Waals surface area contributed by atoms with E-state index in [0.29, 0.717) is 13.0 Å². The lowest BCUT2D eigenvalue weighted by molar-refractivity contribution is -0.135. The highest BCUT2D eigenvalue weighted by atomic mass is 16.5. The maximum atomic E-state index is 12.4. The molecule has 1 saturated heterocycles. The van der Waals surface area contributed by atoms with Crippen LogP contribution in [0.4, 0.5) is 0 Å². The maximum absolute atomic E-state index is 12.4. The number of hydrogen-bond acceptors (Lipinski definition) is 2. The first kappa shape index (κ1) is 15.0. The van der Waals surface area contributed by atoms with E-state index in [2.05, 4.69) is 36.1 Å². The van der Waals surface area contributed by atoms with Gasteiger partial charge in [0.2, 0.25) is 5.91 Å². The van der Waals surface area contributed by atoms with E-state index in [1.54, 1.807) is 7.11 Å². The molecular formula is C17H25NO2. The van der Waals surface area contributed by atoms with Gasteiger partial charge in [-0.2, -0.15) is 0 Å². The van der Waals surface area contributed by atoms with Gasteiger partial charge in [0, 0.05) is 26.7 Å². The highest BCUT2D eigenvalue weighted by Gasteiger charge is 2.27. The van der Waals surface area contributed by atoms with Gasteiger partial charge in [0.1, 0.15) is 0 Å². The van der Waals surface area contributed by atoms with Gasteiger partial charge in [-0.05, 0) is 38.2 Å². The average Bonchev–Trinajstić information content (AvgIpc) is 2.48. The predicted molar refractivity (Wildman–Crippen MR) is 80.6 cm³/mol. The third kappa shape index (κ3) is 3.83. The maximum Gasteiger partial charge on any atom is 0.223 e. The van der Waals surface area contributed by atoms with Crippen LogP contribution in [-0.4, -0.2) is 31.1 Å². The second kappa shape index (κ2) is 7.44. The minimum Gasteiger partial charge on any atom is -0.385 e. The molecule has 110 valence electrons. The summed E-state index contributed by atoms with van der Waals surface area (Å²) in [6.07, 6.45) is 4.82. The number of hydrogen-bond donors (Lipinski definition) is 0. The van der Waals surface area contributed by atoms with Crippen LogP contribution in [0, 0.1) is 6.92 Å². The molecule has 3 nitrogen and oxygen atoms in total. The molecule has 0 spiro atoms. The summed E-state index contributed by atoms with van der Waals surface area (Å²) in [5.41, 5.74) is 2.54. The van der Waals surface area contributed by atoms with Gasteiger partial charge in [-0.15, -0.1) is 0 Å². The number of ether oxygens (including phenoxy) is 1. The van der Waals surface area contributed by atoms with Gasteiger partial charge in [0.25, 0.3) is 0 Å². The quantitative estimate of drug-likeness (QED) is 0.770. The summed E-state index contributed by atoms with van der Waals surface area (Å²) in [4.78, 5) is 14.5. The fraction of sp³-hybridized carbons (Fsp3) is 0.588. The van der Waals surface area contributed by atoms with E-state index in [1.807, 2.05) is 0 Å². The molecule has 2 rings (SSSR count). The molecular weight excluding hydrogens is 250 g/mol. The Bertz CT molecular complexity index is 427. The molecule has 0 saturated carbocycles. The van der Waals surface area contributed by atoms with Gasteiger partial charge >= 0.3 is 0 Å². The molecule has 0 aromatic heterocycles. The molecule has 0 bridgehead atoms. The molecule has 1 aliphatic rings. The van der Waals surface area contributed by atoms with Gasteiger partial charge < -0.3 is 9.64 Å². The number of aryl methyl sites for hydroxylation is 1. The first-order valence-corrected chi connectivity index (χ1v) is 7.57. The van der Waals surface area contributed by atoms with Crippen LogP contribution in [0.15, 0.2) is 24.3 Å². The van der Waals surface area contributed by atoms with Crippen LogP contribution >= 0.6 is 0 Å². The number of carbonyl (C=O) groups is 1. The van der Waals surface area contributed by atoms with Crippen LogP contribution in [-0.2, 0) is 9.53 Å². The Morgan fingerprint density at radius 1 is 1.30 bits per heavy atom. The highest BCUT2D eigenvalue weighted by Crippen LogP contribution is 2.31. The molecule has 0 radical (unpaired) electrons. The largest absolute Gasteiger partial charge is 0.385 e. The standard InChI is InChI=1S/C17H25NO2/c1-14-8-10-15(11-9-14)16-6-3-4-12-18(16)17(19)7-5-13-20-2/h8-11,16H,3-7,12-13H2,1-2H3/t16-/m1/s1. The summed E-state index contributed by atoms with van der Waals surface area (Å²) < 4.78 is 5.03. The second-order valence-corrected chi connectivity index (χ2v) is 5.61. The van der Waals surface area contributed by atoms with Gasteiger partial charge in [-0.25, -0.2) is 0 Å². The van der Waals surface area contributed by atoms with Gasteiger partial charge in [-0.3, -0.25) is 4.79 Å². The van der Waals surface area contributed by atoms with Crippen molar-refractivity contribution in [3.63, 3.8) is 0 Å². The third-order valence-corrected chi connectivity index (χ3v) is 4.02. The fourth-order valence-electron chi connectivity index (χ4n) is 2.88. The average molecular weight is 275 g/mol. The molecule has 1 heterocycles. The van der Waals surface area contributed by atoms with Crippen molar-refractivity contribution >= 4 is 5.91 Å². The van der Waals surface area contributed by atoms with Gasteiger partial charge in [0.15, 0.2) is 0 Å². The van der Waals surface area contributed by atoms with E-state index in [4.69, 9.17) is 4.74 Å². The first-order valence-electron chi connectivity index (χ1n) is 7.57. The number of rotatable bonds is 5. The topological polar surface area (TPSA) is 29.5 Å². The van der Waals surface area contributed by atoms with Crippen molar-refractivity contribution in [3.8, 4) is 0 Å². The van der Waals surface area contributed by atoms with Crippen molar-refractivity contribution in [2.24, 2.45) is 0 Å². The molecule has 1 aliphatic heterocycles. The van der Waals surface area contributed by atoms with Crippen LogP contribution in [0.5, 0.6) is 0 Å². The zero-order valence-corrected chi connectivity index (χ0v) is 12.6. The number of carbonyl (C=O) groups excluding carboxylic acids is 1. The Morgan fingerprint density at radius 2 is 2.05 bits per heavy atom. The van der Waals surface area contributed by atoms with Gasteiger partial charge in [-0.1, -0.05) is 29.8 Å². The number of benzene rings is 1. The van der Waals surface area contributed by atoms with Crippen molar-refractivity contribution in [2.45, 2.75) is 45.1 Å². The van der Waals surface area contributed by atoms with Crippen molar-refractivity contribution in [1.82, 2.24) is 4.90 Å². The van der Waals surface area contributed by atoms with E-state index in [9.17, 15) is 4.79 Å². The lowest BCUT2D eigenvalue weighted by atomic mass is 9.94. The summed E-state index contributed by atoms with van der Waals surface area (Å²) in [5.74, 6) is 0.271. The number of amides is 1. The lowest BCUT2D eigenvalue weighted by Gasteiger charge is -2.36. The SMILES string of the molecule is COCCCC(=O)N1CCCC[C@@H]1c1ccc(C)cc1. The Kier molecular flexibility index (Phi) is 5.60. The molecule has 1 aromatic rings. The van der Waals surface area contributed by atoms with Crippen molar-refractivity contribution < 1.29 is 9.53 Å². The van der Waals surface area contributed by atoms with Crippen LogP contribution in [0.3, 0.4) is 0 Å². The van der Waals surface area contributed by atoms with Gasteiger partial charge in [0.05, 0.1) is 6.04 Å². The Balaban J connectivity index is 2.04. The number of methoxy groups -OCH3 is 1. The summed E-state index contributed by atoms with van der Waals surface area (Å²) in [5, 5.41) is 0. The first-order chi connectivity index (χ1) is 9.72. The van der Waals surface area contributed by atoms with Crippen LogP contribution in [0.25, 0.3) is 0 Å². The second-order valence-electron chi connectivity index (χ2n) is 5.61. The van der Waals surface area contributed by atoms with Crippen molar-refractivity contribution in [2.75, 3.05) is 20.3 Å². The summed E-state index contributed by atoms with van der Waals surface area (Å²) in [7, 11) is 1.68.